The summed E-state index contributed by atoms with van der Waals surface area (Å²) in [5.41, 5.74) is -2.21. The molecular formula is C8H11F3N4O2S2. The van der Waals surface area contributed by atoms with Crippen LogP contribution in [-0.2, 0) is 10.0 Å². The van der Waals surface area contributed by atoms with Gasteiger partial charge in [-0.05, 0) is 17.8 Å². The Balaban J connectivity index is 2.61. The smallest absolute Gasteiger partial charge is 0.308 e. The number of thioether (sulfide) groups is 1. The number of nitrogen functional groups attached to an aromatic ring is 1. The van der Waals surface area contributed by atoms with E-state index < -0.39 is 21.3 Å². The first-order valence-electron chi connectivity index (χ1n) is 4.87. The molecule has 0 spiro atoms. The average Bonchev–Trinajstić information content (AvgIpc) is 2.34. The van der Waals surface area contributed by atoms with E-state index in [-0.39, 0.29) is 29.0 Å². The fraction of sp³-hybridized carbons (Fsp3) is 0.375. The van der Waals surface area contributed by atoms with Crippen molar-refractivity contribution < 1.29 is 21.6 Å². The highest BCUT2D eigenvalue weighted by Gasteiger charge is 2.27. The Morgan fingerprint density at radius 3 is 2.68 bits per heavy atom. The average molecular weight is 316 g/mol. The molecule has 0 unspecified atom stereocenters. The highest BCUT2D eigenvalue weighted by atomic mass is 32.2. The van der Waals surface area contributed by atoms with Crippen LogP contribution in [0, 0.1) is 0 Å². The number of hydrogen-bond acceptors (Lipinski definition) is 6. The zero-order valence-electron chi connectivity index (χ0n) is 9.44. The van der Waals surface area contributed by atoms with Crippen molar-refractivity contribution in [3.63, 3.8) is 0 Å². The quantitative estimate of drug-likeness (QED) is 0.410. The number of nitrogens with zero attached hydrogens (tertiary/aromatic N) is 1. The Labute approximate surface area is 112 Å². The zero-order valence-corrected chi connectivity index (χ0v) is 11.1. The van der Waals surface area contributed by atoms with Gasteiger partial charge in [-0.2, -0.15) is 13.2 Å². The molecule has 1 aromatic rings. The molecule has 0 fully saturated rings. The Morgan fingerprint density at radius 1 is 1.42 bits per heavy atom. The minimum absolute atomic E-state index is 0.132. The van der Waals surface area contributed by atoms with Crippen LogP contribution >= 0.6 is 11.8 Å². The lowest BCUT2D eigenvalue weighted by Crippen LogP contribution is -2.27. The molecule has 19 heavy (non-hydrogen) atoms. The van der Waals surface area contributed by atoms with Crippen molar-refractivity contribution in [2.45, 2.75) is 10.4 Å². The summed E-state index contributed by atoms with van der Waals surface area (Å²) in [5.74, 6) is 4.80. The summed E-state index contributed by atoms with van der Waals surface area (Å²) in [6.07, 6.45) is 1.22. The topological polar surface area (TPSA) is 97.1 Å². The summed E-state index contributed by atoms with van der Waals surface area (Å²) in [6.45, 7) is -0.333. The fourth-order valence-electron chi connectivity index (χ4n) is 1.08. The maximum Gasteiger partial charge on any atom is 0.441 e. The predicted octanol–water partition coefficient (Wildman–Crippen LogP) is 0.899. The van der Waals surface area contributed by atoms with Crippen molar-refractivity contribution in [3.8, 4) is 0 Å². The zero-order chi connectivity index (χ0) is 14.5. The van der Waals surface area contributed by atoms with Crippen LogP contribution in [0.1, 0.15) is 0 Å². The number of aromatic nitrogens is 1. The first-order chi connectivity index (χ1) is 8.74. The minimum atomic E-state index is -4.38. The monoisotopic (exact) mass is 316 g/mol. The lowest BCUT2D eigenvalue weighted by Gasteiger charge is -2.08. The van der Waals surface area contributed by atoms with Gasteiger partial charge >= 0.3 is 5.51 Å². The number of rotatable bonds is 6. The van der Waals surface area contributed by atoms with E-state index in [1.54, 1.807) is 0 Å². The van der Waals surface area contributed by atoms with Crippen molar-refractivity contribution >= 4 is 27.6 Å². The van der Waals surface area contributed by atoms with E-state index in [4.69, 9.17) is 5.84 Å². The summed E-state index contributed by atoms with van der Waals surface area (Å²) in [5, 5.41) is 0. The van der Waals surface area contributed by atoms with E-state index in [0.29, 0.717) is 0 Å². The van der Waals surface area contributed by atoms with E-state index in [1.807, 2.05) is 0 Å². The van der Waals surface area contributed by atoms with Crippen LogP contribution in [-0.4, -0.2) is 31.2 Å². The van der Waals surface area contributed by atoms with Crippen LogP contribution < -0.4 is 16.0 Å². The lowest BCUT2D eigenvalue weighted by atomic mass is 10.5. The highest BCUT2D eigenvalue weighted by molar-refractivity contribution is 8.00. The SMILES string of the molecule is NNc1cc(S(=O)(=O)NCCSC(F)(F)F)ccn1. The molecule has 0 aliphatic carbocycles. The second-order valence-corrected chi connectivity index (χ2v) is 6.14. The predicted molar refractivity (Wildman–Crippen MR) is 65.7 cm³/mol. The summed E-state index contributed by atoms with van der Waals surface area (Å²) in [7, 11) is -3.88. The van der Waals surface area contributed by atoms with Crippen LogP contribution in [0.15, 0.2) is 23.2 Å². The molecule has 0 aromatic carbocycles. The molecule has 1 rings (SSSR count). The number of sulfonamides is 1. The molecule has 0 amide bonds. The molecule has 0 atom stereocenters. The van der Waals surface area contributed by atoms with Gasteiger partial charge in [0.05, 0.1) is 4.90 Å². The number of nitrogens with two attached hydrogens (primary N) is 1. The largest absolute Gasteiger partial charge is 0.441 e. The maximum absolute atomic E-state index is 11.9. The van der Waals surface area contributed by atoms with Gasteiger partial charge in [0.15, 0.2) is 0 Å². The number of pyridine rings is 1. The molecule has 0 bridgehead atoms. The maximum atomic E-state index is 11.9. The first kappa shape index (κ1) is 16.0. The summed E-state index contributed by atoms with van der Waals surface area (Å²) in [6, 6.07) is 2.37. The van der Waals surface area contributed by atoms with Gasteiger partial charge in [0, 0.05) is 24.6 Å². The van der Waals surface area contributed by atoms with Crippen molar-refractivity contribution in [2.75, 3.05) is 17.7 Å². The minimum Gasteiger partial charge on any atom is -0.308 e. The van der Waals surface area contributed by atoms with Gasteiger partial charge in [0.2, 0.25) is 10.0 Å². The molecule has 1 heterocycles. The fourth-order valence-corrected chi connectivity index (χ4v) is 2.69. The van der Waals surface area contributed by atoms with E-state index >= 15 is 0 Å². The van der Waals surface area contributed by atoms with Crippen LogP contribution in [0.4, 0.5) is 19.0 Å². The van der Waals surface area contributed by atoms with Gasteiger partial charge in [-0.1, -0.05) is 0 Å². The Bertz CT molecular complexity index is 521. The molecule has 11 heteroatoms. The number of hydrazine groups is 1. The summed E-state index contributed by atoms with van der Waals surface area (Å²) >= 11 is -0.295. The molecule has 0 aliphatic heterocycles. The molecule has 1 aromatic heterocycles. The normalized spacial score (nSPS) is 12.4. The third kappa shape index (κ3) is 5.63. The Kier molecular flexibility index (Phi) is 5.40. The van der Waals surface area contributed by atoms with Crippen LogP contribution in [0.3, 0.4) is 0 Å². The van der Waals surface area contributed by atoms with E-state index in [1.165, 1.54) is 18.3 Å². The Morgan fingerprint density at radius 2 is 2.11 bits per heavy atom. The molecule has 0 aliphatic rings. The number of nitrogens with one attached hydrogen (secondary N) is 2. The van der Waals surface area contributed by atoms with Gasteiger partial charge in [0.25, 0.3) is 0 Å². The van der Waals surface area contributed by atoms with Gasteiger partial charge in [-0.25, -0.2) is 24.0 Å². The molecule has 0 radical (unpaired) electrons. The number of alkyl halides is 3. The van der Waals surface area contributed by atoms with E-state index in [9.17, 15) is 21.6 Å². The molecule has 0 saturated carbocycles. The van der Waals surface area contributed by atoms with Gasteiger partial charge < -0.3 is 5.43 Å². The van der Waals surface area contributed by atoms with Crippen LogP contribution in [0.2, 0.25) is 0 Å². The second kappa shape index (κ2) is 6.41. The van der Waals surface area contributed by atoms with Crippen molar-refractivity contribution in [1.29, 1.82) is 0 Å². The van der Waals surface area contributed by atoms with Gasteiger partial charge in [-0.3, -0.25) is 0 Å². The van der Waals surface area contributed by atoms with Crippen LogP contribution in [0.5, 0.6) is 0 Å². The van der Waals surface area contributed by atoms with Gasteiger partial charge in [0.1, 0.15) is 5.82 Å². The molecule has 6 nitrogen and oxygen atoms in total. The van der Waals surface area contributed by atoms with Crippen LogP contribution in [0.25, 0.3) is 0 Å². The third-order valence-corrected chi connectivity index (χ3v) is 4.04. The second-order valence-electron chi connectivity index (χ2n) is 3.21. The summed E-state index contributed by atoms with van der Waals surface area (Å²) < 4.78 is 61.1. The molecule has 0 saturated heterocycles. The molecule has 4 N–H and O–H groups in total. The standard InChI is InChI=1S/C8H11F3N4O2S2/c9-8(10,11)18-4-3-14-19(16,17)6-1-2-13-7(5-6)15-12/h1-2,5,14H,3-4,12H2,(H,13,15). The molecular weight excluding hydrogens is 305 g/mol. The third-order valence-electron chi connectivity index (χ3n) is 1.85. The van der Waals surface area contributed by atoms with Crippen molar-refractivity contribution in [3.05, 3.63) is 18.3 Å². The first-order valence-corrected chi connectivity index (χ1v) is 7.34. The van der Waals surface area contributed by atoms with E-state index in [2.05, 4.69) is 15.1 Å². The van der Waals surface area contributed by atoms with Gasteiger partial charge in [-0.15, -0.1) is 0 Å². The highest BCUT2D eigenvalue weighted by Crippen LogP contribution is 2.29. The van der Waals surface area contributed by atoms with Crippen molar-refractivity contribution in [2.24, 2.45) is 5.84 Å². The Hall–Kier alpha value is -1.04. The number of anilines is 1. The summed E-state index contributed by atoms with van der Waals surface area (Å²) in [4.78, 5) is 3.59. The molecule has 108 valence electrons. The number of halogens is 3. The number of hydrogen-bond donors (Lipinski definition) is 3. The van der Waals surface area contributed by atoms with Crippen molar-refractivity contribution in [1.82, 2.24) is 9.71 Å². The van der Waals surface area contributed by atoms with E-state index in [0.717, 1.165) is 0 Å². The lowest BCUT2D eigenvalue weighted by molar-refractivity contribution is -0.0327.